The molecule has 18 heavy (non-hydrogen) atoms. The van der Waals surface area contributed by atoms with Crippen molar-refractivity contribution in [2.45, 2.75) is 64.7 Å². The summed E-state index contributed by atoms with van der Waals surface area (Å²) >= 11 is 0. The van der Waals surface area contributed by atoms with E-state index < -0.39 is 0 Å². The van der Waals surface area contributed by atoms with Gasteiger partial charge in [-0.3, -0.25) is 4.79 Å². The summed E-state index contributed by atoms with van der Waals surface area (Å²) in [6.45, 7) is 2.26. The van der Waals surface area contributed by atoms with E-state index in [-0.39, 0.29) is 0 Å². The Morgan fingerprint density at radius 3 is 1.94 bits per heavy atom. The molecule has 0 bridgehead atoms. The van der Waals surface area contributed by atoms with Crippen LogP contribution < -0.4 is 0 Å². The second-order valence-electron chi connectivity index (χ2n) is 5.02. The smallest absolute Gasteiger partial charge is 0.233 e. The Labute approximate surface area is 112 Å². The number of carbonyl (C=O) groups excluding carboxylic acids is 1. The first-order valence-corrected chi connectivity index (χ1v) is 7.34. The zero-order valence-corrected chi connectivity index (χ0v) is 11.6. The van der Waals surface area contributed by atoms with Gasteiger partial charge in [-0.2, -0.15) is 0 Å². The topological polar surface area (TPSA) is 17.1 Å². The Morgan fingerprint density at radius 1 is 0.833 bits per heavy atom. The number of aryl methyl sites for hydroxylation is 1. The Bertz CT molecular complexity index is 313. The largest absolute Gasteiger partial charge is 0.285 e. The SMILES string of the molecule is CCCCCCCCCCc1ccc([C]=O)cc1. The fraction of sp³-hybridized carbons (Fsp3) is 0.588. The normalized spacial score (nSPS) is 10.5. The van der Waals surface area contributed by atoms with Crippen LogP contribution in [0.25, 0.3) is 0 Å². The van der Waals surface area contributed by atoms with E-state index in [1.807, 2.05) is 30.6 Å². The van der Waals surface area contributed by atoms with Crippen molar-refractivity contribution in [1.29, 1.82) is 0 Å². The van der Waals surface area contributed by atoms with Crippen molar-refractivity contribution in [2.24, 2.45) is 0 Å². The third-order valence-corrected chi connectivity index (χ3v) is 3.39. The average Bonchev–Trinajstić information content (AvgIpc) is 2.42. The number of hydrogen-bond donors (Lipinski definition) is 0. The van der Waals surface area contributed by atoms with Gasteiger partial charge in [0.2, 0.25) is 6.29 Å². The molecule has 1 rings (SSSR count). The van der Waals surface area contributed by atoms with E-state index in [4.69, 9.17) is 0 Å². The predicted molar refractivity (Wildman–Crippen MR) is 77.6 cm³/mol. The molecule has 0 aliphatic heterocycles. The molecule has 0 fully saturated rings. The van der Waals surface area contributed by atoms with Gasteiger partial charge in [-0.15, -0.1) is 0 Å². The van der Waals surface area contributed by atoms with E-state index in [2.05, 4.69) is 6.92 Å². The summed E-state index contributed by atoms with van der Waals surface area (Å²) in [5, 5.41) is 0. The van der Waals surface area contributed by atoms with Crippen molar-refractivity contribution >= 4 is 6.29 Å². The molecule has 1 heteroatoms. The van der Waals surface area contributed by atoms with Crippen LogP contribution in [0.15, 0.2) is 24.3 Å². The molecule has 0 spiro atoms. The van der Waals surface area contributed by atoms with Gasteiger partial charge in [-0.05, 0) is 18.4 Å². The van der Waals surface area contributed by atoms with Crippen molar-refractivity contribution in [2.75, 3.05) is 0 Å². The summed E-state index contributed by atoms with van der Waals surface area (Å²) in [7, 11) is 0. The first-order valence-electron chi connectivity index (χ1n) is 7.34. The zero-order chi connectivity index (χ0) is 13.1. The minimum Gasteiger partial charge on any atom is -0.285 e. The van der Waals surface area contributed by atoms with Crippen LogP contribution >= 0.6 is 0 Å². The van der Waals surface area contributed by atoms with Crippen LogP contribution in [0.4, 0.5) is 0 Å². The van der Waals surface area contributed by atoms with Crippen LogP contribution in [0.3, 0.4) is 0 Å². The molecular formula is C17H25O. The highest BCUT2D eigenvalue weighted by Crippen LogP contribution is 2.11. The van der Waals surface area contributed by atoms with Crippen molar-refractivity contribution in [1.82, 2.24) is 0 Å². The van der Waals surface area contributed by atoms with E-state index in [0.717, 1.165) is 6.42 Å². The number of rotatable bonds is 10. The third kappa shape index (κ3) is 6.58. The lowest BCUT2D eigenvalue weighted by Crippen LogP contribution is -1.88. The fourth-order valence-electron chi connectivity index (χ4n) is 2.20. The maximum absolute atomic E-state index is 10.4. The van der Waals surface area contributed by atoms with Gasteiger partial charge in [0.05, 0.1) is 0 Å². The third-order valence-electron chi connectivity index (χ3n) is 3.39. The Balaban J connectivity index is 2.01. The first kappa shape index (κ1) is 14.9. The van der Waals surface area contributed by atoms with Crippen LogP contribution in [0.5, 0.6) is 0 Å². The van der Waals surface area contributed by atoms with E-state index >= 15 is 0 Å². The molecular weight excluding hydrogens is 220 g/mol. The molecule has 99 valence electrons. The Kier molecular flexibility index (Phi) is 8.20. The summed E-state index contributed by atoms with van der Waals surface area (Å²) in [5.74, 6) is 0. The molecule has 0 atom stereocenters. The van der Waals surface area contributed by atoms with Crippen molar-refractivity contribution in [3.05, 3.63) is 35.4 Å². The minimum atomic E-state index is 0.648. The van der Waals surface area contributed by atoms with Gasteiger partial charge >= 0.3 is 0 Å². The lowest BCUT2D eigenvalue weighted by Gasteiger charge is -2.02. The highest BCUT2D eigenvalue weighted by Gasteiger charge is 1.95. The van der Waals surface area contributed by atoms with E-state index in [0.29, 0.717) is 5.56 Å². The number of benzene rings is 1. The summed E-state index contributed by atoms with van der Waals surface area (Å²) in [6.07, 6.45) is 13.9. The van der Waals surface area contributed by atoms with Gasteiger partial charge in [-0.1, -0.05) is 76.1 Å². The van der Waals surface area contributed by atoms with E-state index in [9.17, 15) is 4.79 Å². The average molecular weight is 245 g/mol. The summed E-state index contributed by atoms with van der Waals surface area (Å²) < 4.78 is 0. The van der Waals surface area contributed by atoms with Gasteiger partial charge in [-0.25, -0.2) is 0 Å². The molecule has 0 aliphatic carbocycles. The molecule has 1 aromatic rings. The van der Waals surface area contributed by atoms with Crippen molar-refractivity contribution in [3.63, 3.8) is 0 Å². The van der Waals surface area contributed by atoms with Gasteiger partial charge in [0.15, 0.2) is 0 Å². The van der Waals surface area contributed by atoms with Crippen LogP contribution in [0.2, 0.25) is 0 Å². The zero-order valence-electron chi connectivity index (χ0n) is 11.6. The molecule has 1 aromatic carbocycles. The van der Waals surface area contributed by atoms with Gasteiger partial charge in [0.25, 0.3) is 0 Å². The van der Waals surface area contributed by atoms with Gasteiger partial charge in [0, 0.05) is 5.56 Å². The van der Waals surface area contributed by atoms with Gasteiger partial charge < -0.3 is 0 Å². The molecule has 0 aromatic heterocycles. The lowest BCUT2D eigenvalue weighted by molar-refractivity contribution is 0.562. The fourth-order valence-corrected chi connectivity index (χ4v) is 2.20. The van der Waals surface area contributed by atoms with Crippen molar-refractivity contribution in [3.8, 4) is 0 Å². The molecule has 0 saturated carbocycles. The lowest BCUT2D eigenvalue weighted by atomic mass is 10.0. The molecule has 0 N–H and O–H groups in total. The molecule has 1 radical (unpaired) electrons. The quantitative estimate of drug-likeness (QED) is 0.540. The first-order chi connectivity index (χ1) is 8.86. The molecule has 0 unspecified atom stereocenters. The molecule has 0 saturated heterocycles. The molecule has 0 aliphatic rings. The Hall–Kier alpha value is -1.11. The summed E-state index contributed by atoms with van der Waals surface area (Å²) in [4.78, 5) is 10.4. The second kappa shape index (κ2) is 9.87. The van der Waals surface area contributed by atoms with Gasteiger partial charge in [0.1, 0.15) is 0 Å². The summed E-state index contributed by atoms with van der Waals surface area (Å²) in [6, 6.07) is 7.79. The Morgan fingerprint density at radius 2 is 1.39 bits per heavy atom. The van der Waals surface area contributed by atoms with Crippen LogP contribution in [-0.4, -0.2) is 6.29 Å². The predicted octanol–water partition coefficient (Wildman–Crippen LogP) is 4.83. The second-order valence-corrected chi connectivity index (χ2v) is 5.02. The highest BCUT2D eigenvalue weighted by molar-refractivity contribution is 5.75. The molecule has 0 amide bonds. The standard InChI is InChI=1S/C17H25O/c1-2-3-4-5-6-7-8-9-10-16-11-13-17(15-18)14-12-16/h11-14H,2-10H2,1H3. The highest BCUT2D eigenvalue weighted by atomic mass is 16.1. The van der Waals surface area contributed by atoms with E-state index in [1.54, 1.807) is 0 Å². The number of hydrogen-bond acceptors (Lipinski definition) is 1. The van der Waals surface area contributed by atoms with Crippen LogP contribution in [0, 0.1) is 0 Å². The van der Waals surface area contributed by atoms with Crippen molar-refractivity contribution < 1.29 is 4.79 Å². The molecule has 1 nitrogen and oxygen atoms in total. The maximum atomic E-state index is 10.4. The monoisotopic (exact) mass is 245 g/mol. The molecule has 0 heterocycles. The maximum Gasteiger partial charge on any atom is 0.233 e. The van der Waals surface area contributed by atoms with Crippen LogP contribution in [-0.2, 0) is 11.2 Å². The summed E-state index contributed by atoms with van der Waals surface area (Å²) in [5.41, 5.74) is 1.98. The number of unbranched alkanes of at least 4 members (excludes halogenated alkanes) is 7. The minimum absolute atomic E-state index is 0.648. The van der Waals surface area contributed by atoms with E-state index in [1.165, 1.54) is 56.9 Å². The van der Waals surface area contributed by atoms with Crippen LogP contribution in [0.1, 0.15) is 69.4 Å².